The van der Waals surface area contributed by atoms with Gasteiger partial charge < -0.3 is 9.80 Å². The van der Waals surface area contributed by atoms with E-state index in [0.717, 1.165) is 17.7 Å². The first-order valence-corrected chi connectivity index (χ1v) is 9.67. The molecule has 1 unspecified atom stereocenters. The highest BCUT2D eigenvalue weighted by Crippen LogP contribution is 2.46. The molecule has 5 rings (SSSR count). The maximum absolute atomic E-state index is 13.2. The molecule has 0 N–H and O–H groups in total. The van der Waals surface area contributed by atoms with Crippen molar-refractivity contribution >= 4 is 17.5 Å². The van der Waals surface area contributed by atoms with Crippen LogP contribution in [0.2, 0.25) is 0 Å². The smallest absolute Gasteiger partial charge is 0.278 e. The molecule has 4 heterocycles. The summed E-state index contributed by atoms with van der Waals surface area (Å²) in [5, 5.41) is 8.53. The van der Waals surface area contributed by atoms with Gasteiger partial charge in [-0.2, -0.15) is 10.2 Å². The number of para-hydroxylation sites is 1. The average Bonchev–Trinajstić information content (AvgIpc) is 3.49. The summed E-state index contributed by atoms with van der Waals surface area (Å²) < 4.78 is 3.27. The Kier molecular flexibility index (Phi) is 3.84. The van der Waals surface area contributed by atoms with Crippen molar-refractivity contribution in [2.75, 3.05) is 24.5 Å². The molecule has 148 valence electrons. The molecule has 1 atom stereocenters. The van der Waals surface area contributed by atoms with Crippen LogP contribution in [0.1, 0.15) is 33.0 Å². The maximum Gasteiger partial charge on any atom is 0.278 e. The monoisotopic (exact) mass is 390 g/mol. The number of aryl methyl sites for hydroxylation is 2. The van der Waals surface area contributed by atoms with E-state index >= 15 is 0 Å². The van der Waals surface area contributed by atoms with Crippen LogP contribution >= 0.6 is 0 Å². The minimum absolute atomic E-state index is 0.0607. The summed E-state index contributed by atoms with van der Waals surface area (Å²) in [6, 6.07) is 11.5. The van der Waals surface area contributed by atoms with E-state index < -0.39 is 0 Å². The molecule has 1 aromatic carbocycles. The number of hydrogen-bond acceptors (Lipinski definition) is 4. The van der Waals surface area contributed by atoms with Gasteiger partial charge in [0.2, 0.25) is 0 Å². The van der Waals surface area contributed by atoms with Gasteiger partial charge in [-0.05, 0) is 30.2 Å². The van der Waals surface area contributed by atoms with Gasteiger partial charge in [0.1, 0.15) is 5.69 Å². The van der Waals surface area contributed by atoms with Crippen molar-refractivity contribution in [2.45, 2.75) is 11.8 Å². The van der Waals surface area contributed by atoms with E-state index in [1.165, 1.54) is 0 Å². The number of likely N-dealkylation sites (tertiary alicyclic amines) is 1. The van der Waals surface area contributed by atoms with Crippen molar-refractivity contribution < 1.29 is 9.59 Å². The van der Waals surface area contributed by atoms with Gasteiger partial charge in [-0.15, -0.1) is 0 Å². The fourth-order valence-corrected chi connectivity index (χ4v) is 4.56. The SMILES string of the molecule is Cn1ccc(C(=O)N2CCC3(C2)CN(C(=O)c2ccn(C)n2)c2ccccc23)n1. The van der Waals surface area contributed by atoms with Gasteiger partial charge >= 0.3 is 0 Å². The lowest BCUT2D eigenvalue weighted by molar-refractivity contribution is 0.0778. The summed E-state index contributed by atoms with van der Waals surface area (Å²) in [4.78, 5) is 29.7. The normalized spacial score (nSPS) is 20.5. The minimum Gasteiger partial charge on any atom is -0.336 e. The highest BCUT2D eigenvalue weighted by Gasteiger charge is 2.50. The van der Waals surface area contributed by atoms with Gasteiger partial charge in [0.25, 0.3) is 11.8 Å². The predicted molar refractivity (Wildman–Crippen MR) is 107 cm³/mol. The summed E-state index contributed by atoms with van der Waals surface area (Å²) >= 11 is 0. The van der Waals surface area contributed by atoms with Gasteiger partial charge in [0.15, 0.2) is 5.69 Å². The second-order valence-electron chi connectivity index (χ2n) is 7.91. The molecule has 2 aliphatic rings. The molecule has 2 aromatic heterocycles. The zero-order valence-electron chi connectivity index (χ0n) is 16.4. The molecule has 1 spiro atoms. The summed E-state index contributed by atoms with van der Waals surface area (Å²) in [5.41, 5.74) is 2.66. The number of rotatable bonds is 2. The first-order valence-electron chi connectivity index (χ1n) is 9.67. The highest BCUT2D eigenvalue weighted by atomic mass is 16.2. The molecule has 1 fully saturated rings. The lowest BCUT2D eigenvalue weighted by Gasteiger charge is -2.25. The number of carbonyl (C=O) groups excluding carboxylic acids is 2. The standard InChI is InChI=1S/C21H22N6O2/c1-24-10-7-16(22-24)19(28)26-12-9-21(13-26)14-27(18-6-4-3-5-15(18)21)20(29)17-8-11-25(2)23-17/h3-8,10-11H,9,12-14H2,1-2H3. The Bertz CT molecular complexity index is 1120. The van der Waals surface area contributed by atoms with E-state index in [1.54, 1.807) is 48.0 Å². The molecule has 0 saturated carbocycles. The number of carbonyl (C=O) groups is 2. The van der Waals surface area contributed by atoms with Crippen LogP contribution in [0.5, 0.6) is 0 Å². The van der Waals surface area contributed by atoms with Crippen molar-refractivity contribution in [1.29, 1.82) is 0 Å². The largest absolute Gasteiger partial charge is 0.336 e. The number of amides is 2. The van der Waals surface area contributed by atoms with Gasteiger partial charge in [-0.25, -0.2) is 0 Å². The van der Waals surface area contributed by atoms with Crippen LogP contribution in [0.15, 0.2) is 48.8 Å². The van der Waals surface area contributed by atoms with Gasteiger partial charge in [-0.1, -0.05) is 18.2 Å². The van der Waals surface area contributed by atoms with E-state index in [2.05, 4.69) is 16.3 Å². The molecular weight excluding hydrogens is 368 g/mol. The van der Waals surface area contributed by atoms with E-state index in [0.29, 0.717) is 31.0 Å². The van der Waals surface area contributed by atoms with E-state index in [1.807, 2.05) is 28.0 Å². The van der Waals surface area contributed by atoms with E-state index in [4.69, 9.17) is 0 Å². The summed E-state index contributed by atoms with van der Waals surface area (Å²) in [5.74, 6) is -0.168. The molecule has 2 amide bonds. The fourth-order valence-electron chi connectivity index (χ4n) is 4.56. The van der Waals surface area contributed by atoms with Crippen LogP contribution in [-0.4, -0.2) is 55.9 Å². The lowest BCUT2D eigenvalue weighted by atomic mass is 9.81. The first-order chi connectivity index (χ1) is 14.0. The molecule has 3 aromatic rings. The number of hydrogen-bond donors (Lipinski definition) is 0. The predicted octanol–water partition coefficient (Wildman–Crippen LogP) is 1.60. The number of anilines is 1. The third-order valence-corrected chi connectivity index (χ3v) is 5.98. The molecule has 0 bridgehead atoms. The Balaban J connectivity index is 1.45. The van der Waals surface area contributed by atoms with Crippen molar-refractivity contribution in [3.05, 3.63) is 65.7 Å². The van der Waals surface area contributed by atoms with E-state index in [9.17, 15) is 9.59 Å². The molecular formula is C21H22N6O2. The highest BCUT2D eigenvalue weighted by molar-refractivity contribution is 6.06. The van der Waals surface area contributed by atoms with Crippen LogP contribution in [0.25, 0.3) is 0 Å². The molecule has 2 aliphatic heterocycles. The molecule has 0 radical (unpaired) electrons. The Morgan fingerprint density at radius 1 is 0.897 bits per heavy atom. The maximum atomic E-state index is 13.2. The Morgan fingerprint density at radius 3 is 2.21 bits per heavy atom. The quantitative estimate of drug-likeness (QED) is 0.666. The van der Waals surface area contributed by atoms with Crippen molar-refractivity contribution in [3.8, 4) is 0 Å². The minimum atomic E-state index is -0.258. The zero-order valence-corrected chi connectivity index (χ0v) is 16.4. The van der Waals surface area contributed by atoms with Gasteiger partial charge in [-0.3, -0.25) is 19.0 Å². The summed E-state index contributed by atoms with van der Waals surface area (Å²) in [6.45, 7) is 1.77. The van der Waals surface area contributed by atoms with Crippen molar-refractivity contribution in [1.82, 2.24) is 24.5 Å². The zero-order chi connectivity index (χ0) is 20.2. The Hall–Kier alpha value is -3.42. The van der Waals surface area contributed by atoms with Gasteiger partial charge in [0.05, 0.1) is 0 Å². The number of nitrogens with zero attached hydrogens (tertiary/aromatic N) is 6. The molecule has 8 nitrogen and oxygen atoms in total. The lowest BCUT2D eigenvalue weighted by Crippen LogP contribution is -2.40. The third kappa shape index (κ3) is 2.74. The van der Waals surface area contributed by atoms with Crippen LogP contribution in [0, 0.1) is 0 Å². The van der Waals surface area contributed by atoms with Crippen LogP contribution in [0.3, 0.4) is 0 Å². The Labute approximate surface area is 168 Å². The first kappa shape index (κ1) is 17.7. The fraction of sp³-hybridized carbons (Fsp3) is 0.333. The molecule has 0 aliphatic carbocycles. The number of fused-ring (bicyclic) bond motifs is 2. The second kappa shape index (κ2) is 6.30. The topological polar surface area (TPSA) is 76.3 Å². The van der Waals surface area contributed by atoms with Crippen molar-refractivity contribution in [2.24, 2.45) is 14.1 Å². The van der Waals surface area contributed by atoms with E-state index in [-0.39, 0.29) is 17.2 Å². The number of aromatic nitrogens is 4. The third-order valence-electron chi connectivity index (χ3n) is 5.98. The van der Waals surface area contributed by atoms with Crippen LogP contribution < -0.4 is 4.90 Å². The molecule has 1 saturated heterocycles. The average molecular weight is 390 g/mol. The van der Waals surface area contributed by atoms with Gasteiger partial charge in [0, 0.05) is 57.2 Å². The Morgan fingerprint density at radius 2 is 1.55 bits per heavy atom. The molecule has 29 heavy (non-hydrogen) atoms. The van der Waals surface area contributed by atoms with Crippen LogP contribution in [-0.2, 0) is 19.5 Å². The molecule has 8 heteroatoms. The second-order valence-corrected chi connectivity index (χ2v) is 7.91. The summed E-state index contributed by atoms with van der Waals surface area (Å²) in [6.07, 6.45) is 4.36. The van der Waals surface area contributed by atoms with Crippen molar-refractivity contribution in [3.63, 3.8) is 0 Å². The van der Waals surface area contributed by atoms with Crippen LogP contribution in [0.4, 0.5) is 5.69 Å². The number of benzene rings is 1. The summed E-state index contributed by atoms with van der Waals surface area (Å²) in [7, 11) is 3.60.